The summed E-state index contributed by atoms with van der Waals surface area (Å²) < 4.78 is 6.86. The number of rotatable bonds is 4. The van der Waals surface area contributed by atoms with E-state index in [4.69, 9.17) is 4.74 Å². The highest BCUT2D eigenvalue weighted by molar-refractivity contribution is 9.10. The largest absolute Gasteiger partial charge is 0.375 e. The minimum Gasteiger partial charge on any atom is -0.375 e. The first kappa shape index (κ1) is 14.8. The molecule has 4 heteroatoms. The van der Waals surface area contributed by atoms with E-state index < -0.39 is 0 Å². The second-order valence-corrected chi connectivity index (χ2v) is 6.11. The van der Waals surface area contributed by atoms with Gasteiger partial charge in [-0.25, -0.2) is 0 Å². The second-order valence-electron chi connectivity index (χ2n) is 5.20. The number of hydrogen-bond acceptors (Lipinski definition) is 3. The lowest BCUT2D eigenvalue weighted by molar-refractivity contribution is 0.0343. The molecule has 2 atom stereocenters. The van der Waals surface area contributed by atoms with Crippen molar-refractivity contribution in [1.82, 2.24) is 5.32 Å². The van der Waals surface area contributed by atoms with E-state index in [1.54, 1.807) is 0 Å². The average Bonchev–Trinajstić information content (AvgIpc) is 2.39. The predicted octanol–water partition coefficient (Wildman–Crippen LogP) is 3.17. The standard InChI is InChI=1S/C15H23BrN2O/c1-4-17-8-13-7-14(16)5-6-15(13)18-9-12(3)19-10-11(18)2/h5-7,11-12,17H,4,8-10H2,1-3H3. The van der Waals surface area contributed by atoms with Crippen LogP contribution in [0, 0.1) is 0 Å². The zero-order valence-corrected chi connectivity index (χ0v) is 13.5. The van der Waals surface area contributed by atoms with E-state index in [2.05, 4.69) is 65.1 Å². The fourth-order valence-corrected chi connectivity index (χ4v) is 2.88. The normalized spacial score (nSPS) is 23.7. The predicted molar refractivity (Wildman–Crippen MR) is 83.7 cm³/mol. The number of morpholine rings is 1. The van der Waals surface area contributed by atoms with Crippen molar-refractivity contribution in [2.24, 2.45) is 0 Å². The van der Waals surface area contributed by atoms with Gasteiger partial charge in [0.2, 0.25) is 0 Å². The van der Waals surface area contributed by atoms with Crippen molar-refractivity contribution in [2.45, 2.75) is 39.5 Å². The lowest BCUT2D eigenvalue weighted by Gasteiger charge is -2.39. The first-order chi connectivity index (χ1) is 9.11. The number of benzene rings is 1. The lowest BCUT2D eigenvalue weighted by Crippen LogP contribution is -2.47. The van der Waals surface area contributed by atoms with E-state index in [0.29, 0.717) is 12.1 Å². The van der Waals surface area contributed by atoms with Gasteiger partial charge in [0.1, 0.15) is 0 Å². The number of ether oxygens (including phenoxy) is 1. The van der Waals surface area contributed by atoms with Crippen LogP contribution < -0.4 is 10.2 Å². The van der Waals surface area contributed by atoms with Gasteiger partial charge in [-0.1, -0.05) is 22.9 Å². The Balaban J connectivity index is 2.26. The van der Waals surface area contributed by atoms with Crippen LogP contribution in [0.3, 0.4) is 0 Å². The molecule has 1 fully saturated rings. The highest BCUT2D eigenvalue weighted by atomic mass is 79.9. The zero-order chi connectivity index (χ0) is 13.8. The maximum atomic E-state index is 5.72. The van der Waals surface area contributed by atoms with Crippen LogP contribution in [0.15, 0.2) is 22.7 Å². The lowest BCUT2D eigenvalue weighted by atomic mass is 10.1. The van der Waals surface area contributed by atoms with Gasteiger partial charge in [-0.3, -0.25) is 0 Å². The third kappa shape index (κ3) is 3.71. The molecule has 1 aromatic rings. The molecule has 0 bridgehead atoms. The van der Waals surface area contributed by atoms with Crippen LogP contribution in [0.2, 0.25) is 0 Å². The molecule has 19 heavy (non-hydrogen) atoms. The van der Waals surface area contributed by atoms with Crippen LogP contribution in [-0.2, 0) is 11.3 Å². The average molecular weight is 327 g/mol. The van der Waals surface area contributed by atoms with Crippen molar-refractivity contribution < 1.29 is 4.74 Å². The molecule has 1 aromatic carbocycles. The smallest absolute Gasteiger partial charge is 0.0723 e. The van der Waals surface area contributed by atoms with E-state index in [1.165, 1.54) is 11.3 Å². The highest BCUT2D eigenvalue weighted by Gasteiger charge is 2.25. The van der Waals surface area contributed by atoms with Crippen molar-refractivity contribution in [3.8, 4) is 0 Å². The minimum atomic E-state index is 0.298. The van der Waals surface area contributed by atoms with E-state index in [-0.39, 0.29) is 0 Å². The van der Waals surface area contributed by atoms with E-state index in [1.807, 2.05) is 0 Å². The quantitative estimate of drug-likeness (QED) is 0.919. The summed E-state index contributed by atoms with van der Waals surface area (Å²) in [6.45, 7) is 10.2. The summed E-state index contributed by atoms with van der Waals surface area (Å²) in [5.41, 5.74) is 2.67. The Morgan fingerprint density at radius 3 is 2.95 bits per heavy atom. The van der Waals surface area contributed by atoms with Crippen molar-refractivity contribution >= 4 is 21.6 Å². The Morgan fingerprint density at radius 2 is 2.21 bits per heavy atom. The van der Waals surface area contributed by atoms with Gasteiger partial charge >= 0.3 is 0 Å². The molecule has 1 heterocycles. The molecular formula is C15H23BrN2O. The molecule has 0 aliphatic carbocycles. The van der Waals surface area contributed by atoms with Crippen molar-refractivity contribution in [3.05, 3.63) is 28.2 Å². The molecule has 1 aliphatic rings. The van der Waals surface area contributed by atoms with Gasteiger partial charge in [-0.2, -0.15) is 0 Å². The molecule has 1 N–H and O–H groups in total. The molecular weight excluding hydrogens is 304 g/mol. The molecule has 2 rings (SSSR count). The molecule has 1 saturated heterocycles. The Labute approximate surface area is 124 Å². The van der Waals surface area contributed by atoms with Crippen molar-refractivity contribution in [3.63, 3.8) is 0 Å². The molecule has 0 radical (unpaired) electrons. The van der Waals surface area contributed by atoms with Crippen LogP contribution in [0.5, 0.6) is 0 Å². The van der Waals surface area contributed by atoms with Gasteiger partial charge in [0.05, 0.1) is 12.7 Å². The highest BCUT2D eigenvalue weighted by Crippen LogP contribution is 2.28. The summed E-state index contributed by atoms with van der Waals surface area (Å²) in [5.74, 6) is 0. The zero-order valence-electron chi connectivity index (χ0n) is 11.9. The van der Waals surface area contributed by atoms with Crippen LogP contribution in [0.1, 0.15) is 26.3 Å². The third-order valence-electron chi connectivity index (χ3n) is 3.52. The number of hydrogen-bond donors (Lipinski definition) is 1. The SMILES string of the molecule is CCNCc1cc(Br)ccc1N1CC(C)OCC1C. The summed E-state index contributed by atoms with van der Waals surface area (Å²) in [6.07, 6.45) is 0.298. The number of anilines is 1. The Kier molecular flexibility index (Phi) is 5.25. The summed E-state index contributed by atoms with van der Waals surface area (Å²) in [5, 5.41) is 3.42. The van der Waals surface area contributed by atoms with Gasteiger partial charge in [0, 0.05) is 29.3 Å². The molecule has 106 valence electrons. The Morgan fingerprint density at radius 1 is 1.42 bits per heavy atom. The van der Waals surface area contributed by atoms with Crippen molar-refractivity contribution in [2.75, 3.05) is 24.6 Å². The van der Waals surface area contributed by atoms with Gasteiger partial charge in [0.25, 0.3) is 0 Å². The fourth-order valence-electron chi connectivity index (χ4n) is 2.47. The Hall–Kier alpha value is -0.580. The second kappa shape index (κ2) is 6.73. The topological polar surface area (TPSA) is 24.5 Å². The third-order valence-corrected chi connectivity index (χ3v) is 4.02. The van der Waals surface area contributed by atoms with Crippen LogP contribution in [-0.4, -0.2) is 31.8 Å². The first-order valence-electron chi connectivity index (χ1n) is 6.99. The molecule has 0 amide bonds. The molecule has 2 unspecified atom stereocenters. The van der Waals surface area contributed by atoms with E-state index in [0.717, 1.165) is 30.7 Å². The number of nitrogens with zero attached hydrogens (tertiary/aromatic N) is 1. The summed E-state index contributed by atoms with van der Waals surface area (Å²) in [6, 6.07) is 6.98. The van der Waals surface area contributed by atoms with Crippen LogP contribution in [0.25, 0.3) is 0 Å². The molecule has 3 nitrogen and oxygen atoms in total. The molecule has 0 aromatic heterocycles. The summed E-state index contributed by atoms with van der Waals surface area (Å²) in [4.78, 5) is 2.47. The number of halogens is 1. The van der Waals surface area contributed by atoms with Crippen molar-refractivity contribution in [1.29, 1.82) is 0 Å². The minimum absolute atomic E-state index is 0.298. The number of nitrogens with one attached hydrogen (secondary N) is 1. The van der Waals surface area contributed by atoms with E-state index in [9.17, 15) is 0 Å². The van der Waals surface area contributed by atoms with Gasteiger partial charge in [-0.15, -0.1) is 0 Å². The van der Waals surface area contributed by atoms with E-state index >= 15 is 0 Å². The first-order valence-corrected chi connectivity index (χ1v) is 7.78. The molecule has 0 spiro atoms. The molecule has 0 saturated carbocycles. The van der Waals surface area contributed by atoms with Gasteiger partial charge in [-0.05, 0) is 44.2 Å². The van der Waals surface area contributed by atoms with Gasteiger partial charge in [0.15, 0.2) is 0 Å². The molecule has 1 aliphatic heterocycles. The Bertz CT molecular complexity index is 425. The fraction of sp³-hybridized carbons (Fsp3) is 0.600. The summed E-state index contributed by atoms with van der Waals surface area (Å²) >= 11 is 3.57. The monoisotopic (exact) mass is 326 g/mol. The summed E-state index contributed by atoms with van der Waals surface area (Å²) in [7, 11) is 0. The van der Waals surface area contributed by atoms with Crippen LogP contribution >= 0.6 is 15.9 Å². The van der Waals surface area contributed by atoms with Gasteiger partial charge < -0.3 is 15.0 Å². The van der Waals surface area contributed by atoms with Crippen LogP contribution in [0.4, 0.5) is 5.69 Å². The maximum Gasteiger partial charge on any atom is 0.0723 e. The maximum absolute atomic E-state index is 5.72.